The van der Waals surface area contributed by atoms with Gasteiger partial charge < -0.3 is 5.32 Å². The van der Waals surface area contributed by atoms with E-state index in [1.54, 1.807) is 0 Å². The minimum atomic E-state index is 0.838. The topological polar surface area (TPSA) is 37.8 Å². The molecule has 1 saturated carbocycles. The van der Waals surface area contributed by atoms with Crippen LogP contribution in [0.3, 0.4) is 0 Å². The maximum Gasteiger partial charge on any atom is 0.144 e. The van der Waals surface area contributed by atoms with Crippen LogP contribution in [0.4, 0.5) is 5.82 Å². The molecule has 1 heterocycles. The Bertz CT molecular complexity index is 337. The zero-order valence-electron chi connectivity index (χ0n) is 8.96. The second kappa shape index (κ2) is 4.92. The molecule has 0 radical (unpaired) electrons. The highest BCUT2D eigenvalue weighted by Crippen LogP contribution is 2.32. The van der Waals surface area contributed by atoms with Crippen LogP contribution in [0, 0.1) is 5.92 Å². The fourth-order valence-electron chi connectivity index (χ4n) is 1.45. The third kappa shape index (κ3) is 3.16. The first kappa shape index (κ1) is 10.9. The Hall–Kier alpha value is -0.640. The van der Waals surface area contributed by atoms with E-state index in [0.717, 1.165) is 41.4 Å². The van der Waals surface area contributed by atoms with Crippen molar-refractivity contribution in [2.45, 2.75) is 32.6 Å². The molecule has 2 rings (SSSR count). The predicted octanol–water partition coefficient (Wildman–Crippen LogP) is 3.01. The summed E-state index contributed by atoms with van der Waals surface area (Å²) in [4.78, 5) is 8.85. The Balaban J connectivity index is 2.05. The summed E-state index contributed by atoms with van der Waals surface area (Å²) in [6.07, 6.45) is 6.68. The van der Waals surface area contributed by atoms with Gasteiger partial charge >= 0.3 is 0 Å². The molecule has 0 amide bonds. The minimum Gasteiger partial charge on any atom is -0.369 e. The van der Waals surface area contributed by atoms with E-state index in [-0.39, 0.29) is 0 Å². The molecule has 3 nitrogen and oxygen atoms in total. The first-order chi connectivity index (χ1) is 7.29. The van der Waals surface area contributed by atoms with Gasteiger partial charge in [0.1, 0.15) is 11.6 Å². The average molecular weight is 270 g/mol. The molecule has 1 aliphatic rings. The Kier molecular flexibility index (Phi) is 3.57. The van der Waals surface area contributed by atoms with Crippen LogP contribution < -0.4 is 5.32 Å². The number of anilines is 1. The van der Waals surface area contributed by atoms with Crippen LogP contribution in [0.1, 0.15) is 32.0 Å². The molecular weight excluding hydrogens is 254 g/mol. The summed E-state index contributed by atoms with van der Waals surface area (Å²) in [6.45, 7) is 3.10. The first-order valence-electron chi connectivity index (χ1n) is 5.55. The number of nitrogens with zero attached hydrogens (tertiary/aromatic N) is 2. The highest BCUT2D eigenvalue weighted by molar-refractivity contribution is 9.10. The summed E-state index contributed by atoms with van der Waals surface area (Å²) >= 11 is 3.45. The van der Waals surface area contributed by atoms with Gasteiger partial charge in [0, 0.05) is 19.2 Å². The third-order valence-electron chi connectivity index (χ3n) is 2.50. The fraction of sp³-hybridized carbons (Fsp3) is 0.636. The average Bonchev–Trinajstić information content (AvgIpc) is 3.03. The number of halogens is 1. The van der Waals surface area contributed by atoms with E-state index in [1.165, 1.54) is 12.8 Å². The van der Waals surface area contributed by atoms with Gasteiger partial charge in [-0.2, -0.15) is 0 Å². The lowest BCUT2D eigenvalue weighted by molar-refractivity contribution is 0.767. The Labute approximate surface area is 98.8 Å². The second-order valence-electron chi connectivity index (χ2n) is 4.06. The van der Waals surface area contributed by atoms with Gasteiger partial charge in [-0.05, 0) is 41.1 Å². The molecule has 82 valence electrons. The van der Waals surface area contributed by atoms with Crippen molar-refractivity contribution in [2.75, 3.05) is 11.9 Å². The molecule has 0 bridgehead atoms. The molecule has 1 aromatic heterocycles. The third-order valence-corrected chi connectivity index (χ3v) is 3.08. The van der Waals surface area contributed by atoms with Gasteiger partial charge in [0.25, 0.3) is 0 Å². The standard InChI is InChI=1S/C11H16BrN3/c1-2-5-13-11-9(12)7-14-10(15-11)6-8-3-4-8/h7-8H,2-6H2,1H3,(H,13,14,15). The van der Waals surface area contributed by atoms with Crippen molar-refractivity contribution in [3.05, 3.63) is 16.5 Å². The Morgan fingerprint density at radius 2 is 2.33 bits per heavy atom. The van der Waals surface area contributed by atoms with Crippen LogP contribution in [0.2, 0.25) is 0 Å². The van der Waals surface area contributed by atoms with Crippen molar-refractivity contribution in [1.29, 1.82) is 0 Å². The molecule has 1 aromatic rings. The van der Waals surface area contributed by atoms with Crippen LogP contribution in [0.5, 0.6) is 0 Å². The van der Waals surface area contributed by atoms with E-state index < -0.39 is 0 Å². The number of hydrogen-bond donors (Lipinski definition) is 1. The van der Waals surface area contributed by atoms with Gasteiger partial charge in [0.05, 0.1) is 4.47 Å². The number of nitrogens with one attached hydrogen (secondary N) is 1. The van der Waals surface area contributed by atoms with Gasteiger partial charge in [-0.25, -0.2) is 9.97 Å². The van der Waals surface area contributed by atoms with Crippen molar-refractivity contribution in [3.8, 4) is 0 Å². The van der Waals surface area contributed by atoms with Crippen molar-refractivity contribution in [2.24, 2.45) is 5.92 Å². The summed E-state index contributed by atoms with van der Waals surface area (Å²) in [7, 11) is 0. The summed E-state index contributed by atoms with van der Waals surface area (Å²) in [5.41, 5.74) is 0. The van der Waals surface area contributed by atoms with E-state index in [1.807, 2.05) is 6.20 Å². The summed E-state index contributed by atoms with van der Waals surface area (Å²) in [6, 6.07) is 0. The molecule has 0 saturated heterocycles. The molecule has 0 unspecified atom stereocenters. The molecule has 1 fully saturated rings. The lowest BCUT2D eigenvalue weighted by atomic mass is 10.3. The number of rotatable bonds is 5. The largest absolute Gasteiger partial charge is 0.369 e. The van der Waals surface area contributed by atoms with E-state index in [2.05, 4.69) is 38.1 Å². The monoisotopic (exact) mass is 269 g/mol. The van der Waals surface area contributed by atoms with Crippen molar-refractivity contribution in [1.82, 2.24) is 9.97 Å². The van der Waals surface area contributed by atoms with E-state index in [0.29, 0.717) is 0 Å². The summed E-state index contributed by atoms with van der Waals surface area (Å²) < 4.78 is 0.954. The fourth-order valence-corrected chi connectivity index (χ4v) is 1.78. The predicted molar refractivity (Wildman–Crippen MR) is 64.9 cm³/mol. The molecule has 0 spiro atoms. The van der Waals surface area contributed by atoms with Crippen LogP contribution in [0.15, 0.2) is 10.7 Å². The Morgan fingerprint density at radius 3 is 3.00 bits per heavy atom. The summed E-state index contributed by atoms with van der Waals surface area (Å²) in [5, 5.41) is 3.30. The van der Waals surface area contributed by atoms with Gasteiger partial charge in [0.2, 0.25) is 0 Å². The minimum absolute atomic E-state index is 0.838. The van der Waals surface area contributed by atoms with Crippen LogP contribution in [0.25, 0.3) is 0 Å². The maximum atomic E-state index is 4.52. The van der Waals surface area contributed by atoms with Gasteiger partial charge in [-0.15, -0.1) is 0 Å². The van der Waals surface area contributed by atoms with Crippen LogP contribution in [-0.4, -0.2) is 16.5 Å². The molecule has 15 heavy (non-hydrogen) atoms. The number of hydrogen-bond acceptors (Lipinski definition) is 3. The first-order valence-corrected chi connectivity index (χ1v) is 6.34. The quantitative estimate of drug-likeness (QED) is 0.893. The number of aromatic nitrogens is 2. The lowest BCUT2D eigenvalue weighted by Gasteiger charge is -2.07. The molecular formula is C11H16BrN3. The summed E-state index contributed by atoms with van der Waals surface area (Å²) in [5.74, 6) is 2.74. The molecule has 0 aromatic carbocycles. The molecule has 1 N–H and O–H groups in total. The van der Waals surface area contributed by atoms with E-state index in [9.17, 15) is 0 Å². The smallest absolute Gasteiger partial charge is 0.144 e. The molecule has 1 aliphatic carbocycles. The SMILES string of the molecule is CCCNc1nc(CC2CC2)ncc1Br. The van der Waals surface area contributed by atoms with E-state index in [4.69, 9.17) is 0 Å². The zero-order chi connectivity index (χ0) is 10.7. The second-order valence-corrected chi connectivity index (χ2v) is 4.91. The van der Waals surface area contributed by atoms with Crippen molar-refractivity contribution < 1.29 is 0 Å². The molecule has 0 aliphatic heterocycles. The van der Waals surface area contributed by atoms with Gasteiger partial charge in [-0.3, -0.25) is 0 Å². The van der Waals surface area contributed by atoms with Gasteiger partial charge in [0.15, 0.2) is 0 Å². The molecule has 4 heteroatoms. The Morgan fingerprint density at radius 1 is 1.53 bits per heavy atom. The van der Waals surface area contributed by atoms with E-state index >= 15 is 0 Å². The van der Waals surface area contributed by atoms with Crippen molar-refractivity contribution in [3.63, 3.8) is 0 Å². The maximum absolute atomic E-state index is 4.52. The highest BCUT2D eigenvalue weighted by Gasteiger charge is 2.23. The van der Waals surface area contributed by atoms with Crippen molar-refractivity contribution >= 4 is 21.7 Å². The highest BCUT2D eigenvalue weighted by atomic mass is 79.9. The lowest BCUT2D eigenvalue weighted by Crippen LogP contribution is -2.06. The normalized spacial score (nSPS) is 15.3. The molecule has 0 atom stereocenters. The van der Waals surface area contributed by atoms with Crippen LogP contribution >= 0.6 is 15.9 Å². The van der Waals surface area contributed by atoms with Crippen LogP contribution in [-0.2, 0) is 6.42 Å². The van der Waals surface area contributed by atoms with Gasteiger partial charge in [-0.1, -0.05) is 6.92 Å². The zero-order valence-corrected chi connectivity index (χ0v) is 10.5.